The predicted molar refractivity (Wildman–Crippen MR) is 71.0 cm³/mol. The summed E-state index contributed by atoms with van der Waals surface area (Å²) in [6.45, 7) is 1.81. The molecule has 0 aromatic heterocycles. The van der Waals surface area contributed by atoms with Crippen molar-refractivity contribution in [2.75, 3.05) is 25.0 Å². The minimum absolute atomic E-state index is 0.0130. The van der Waals surface area contributed by atoms with Gasteiger partial charge in [0.05, 0.1) is 13.0 Å². The molecule has 1 rings (SSSR count). The Morgan fingerprint density at radius 1 is 1.28 bits per heavy atom. The molecule has 0 saturated heterocycles. The van der Waals surface area contributed by atoms with Crippen LogP contribution >= 0.6 is 0 Å². The lowest BCUT2D eigenvalue weighted by atomic mass is 10.2. The zero-order chi connectivity index (χ0) is 13.2. The van der Waals surface area contributed by atoms with E-state index in [0.717, 1.165) is 31.6 Å². The molecule has 5 nitrogen and oxygen atoms in total. The third-order valence-electron chi connectivity index (χ3n) is 2.40. The van der Waals surface area contributed by atoms with E-state index in [-0.39, 0.29) is 13.0 Å². The smallest absolute Gasteiger partial charge is 0.306 e. The maximum atomic E-state index is 10.3. The zero-order valence-corrected chi connectivity index (χ0v) is 10.4. The third kappa shape index (κ3) is 6.10. The Balaban J connectivity index is 2.26. The van der Waals surface area contributed by atoms with Gasteiger partial charge in [-0.05, 0) is 43.7 Å². The van der Waals surface area contributed by atoms with E-state index in [4.69, 9.17) is 15.6 Å². The van der Waals surface area contributed by atoms with Gasteiger partial charge in [0.1, 0.15) is 5.75 Å². The Kier molecular flexibility index (Phi) is 6.64. The van der Waals surface area contributed by atoms with Crippen LogP contribution in [-0.4, -0.2) is 30.8 Å². The van der Waals surface area contributed by atoms with Crippen molar-refractivity contribution in [1.82, 2.24) is 0 Å². The normalized spacial score (nSPS) is 10.1. The van der Waals surface area contributed by atoms with Crippen molar-refractivity contribution >= 4 is 11.7 Å². The standard InChI is InChI=1S/C13H20N2O3/c14-8-1-2-9-15-11-3-5-12(6-4-11)18-10-7-13(16)17/h3-6,15H,1-2,7-10,14H2,(H,16,17). The van der Waals surface area contributed by atoms with Crippen LogP contribution in [0.15, 0.2) is 24.3 Å². The molecule has 0 bridgehead atoms. The van der Waals surface area contributed by atoms with Crippen molar-refractivity contribution in [1.29, 1.82) is 0 Å². The number of nitrogens with two attached hydrogens (primary N) is 1. The van der Waals surface area contributed by atoms with Crippen molar-refractivity contribution in [3.8, 4) is 5.75 Å². The van der Waals surface area contributed by atoms with E-state index in [9.17, 15) is 4.79 Å². The van der Waals surface area contributed by atoms with Gasteiger partial charge in [-0.25, -0.2) is 0 Å². The molecule has 0 fully saturated rings. The van der Waals surface area contributed by atoms with Gasteiger partial charge in [-0.1, -0.05) is 0 Å². The van der Waals surface area contributed by atoms with Crippen LogP contribution in [0.2, 0.25) is 0 Å². The van der Waals surface area contributed by atoms with E-state index >= 15 is 0 Å². The summed E-state index contributed by atoms with van der Waals surface area (Å²) in [6, 6.07) is 7.48. The highest BCUT2D eigenvalue weighted by Gasteiger charge is 1.98. The molecule has 0 atom stereocenters. The molecule has 0 saturated carbocycles. The van der Waals surface area contributed by atoms with E-state index < -0.39 is 5.97 Å². The fourth-order valence-corrected chi connectivity index (χ4v) is 1.43. The van der Waals surface area contributed by atoms with Crippen LogP contribution in [0.1, 0.15) is 19.3 Å². The number of hydrogen-bond donors (Lipinski definition) is 3. The van der Waals surface area contributed by atoms with Gasteiger partial charge in [-0.2, -0.15) is 0 Å². The van der Waals surface area contributed by atoms with Crippen molar-refractivity contribution in [3.05, 3.63) is 24.3 Å². The summed E-state index contributed by atoms with van der Waals surface area (Å²) in [6.07, 6.45) is 2.08. The van der Waals surface area contributed by atoms with Crippen LogP contribution in [0.25, 0.3) is 0 Å². The van der Waals surface area contributed by atoms with Gasteiger partial charge >= 0.3 is 5.97 Å². The van der Waals surface area contributed by atoms with Crippen molar-refractivity contribution < 1.29 is 14.6 Å². The summed E-state index contributed by atoms with van der Waals surface area (Å²) in [5.74, 6) is -0.169. The van der Waals surface area contributed by atoms with E-state index in [1.165, 1.54) is 0 Å². The fraction of sp³-hybridized carbons (Fsp3) is 0.462. The first kappa shape index (κ1) is 14.3. The largest absolute Gasteiger partial charge is 0.493 e. The number of nitrogens with one attached hydrogen (secondary N) is 1. The summed E-state index contributed by atoms with van der Waals surface area (Å²) >= 11 is 0. The maximum absolute atomic E-state index is 10.3. The molecule has 0 spiro atoms. The second-order valence-corrected chi connectivity index (χ2v) is 3.94. The fourth-order valence-electron chi connectivity index (χ4n) is 1.43. The topological polar surface area (TPSA) is 84.6 Å². The summed E-state index contributed by atoms with van der Waals surface area (Å²) < 4.78 is 5.29. The Morgan fingerprint density at radius 3 is 2.61 bits per heavy atom. The molecule has 0 unspecified atom stereocenters. The highest BCUT2D eigenvalue weighted by molar-refractivity contribution is 5.66. The predicted octanol–water partition coefficient (Wildman–Crippen LogP) is 1.69. The number of rotatable bonds is 9. The molecule has 0 aliphatic heterocycles. The molecule has 4 N–H and O–H groups in total. The van der Waals surface area contributed by atoms with E-state index in [1.54, 1.807) is 0 Å². The molecule has 0 aliphatic carbocycles. The molecule has 0 amide bonds. The summed E-state index contributed by atoms with van der Waals surface area (Å²) in [4.78, 5) is 10.3. The average Bonchev–Trinajstić information content (AvgIpc) is 2.36. The quantitative estimate of drug-likeness (QED) is 0.582. The van der Waals surface area contributed by atoms with Gasteiger partial charge in [0.2, 0.25) is 0 Å². The van der Waals surface area contributed by atoms with Crippen LogP contribution in [0.5, 0.6) is 5.75 Å². The number of ether oxygens (including phenoxy) is 1. The van der Waals surface area contributed by atoms with Gasteiger partial charge in [0, 0.05) is 12.2 Å². The third-order valence-corrected chi connectivity index (χ3v) is 2.40. The molecule has 5 heteroatoms. The Labute approximate surface area is 107 Å². The lowest BCUT2D eigenvalue weighted by Crippen LogP contribution is -2.06. The average molecular weight is 252 g/mol. The molecule has 100 valence electrons. The van der Waals surface area contributed by atoms with E-state index in [0.29, 0.717) is 5.75 Å². The monoisotopic (exact) mass is 252 g/mol. The molecule has 1 aromatic rings. The van der Waals surface area contributed by atoms with Crippen molar-refractivity contribution in [2.24, 2.45) is 5.73 Å². The van der Waals surface area contributed by atoms with Gasteiger partial charge in [0.25, 0.3) is 0 Å². The van der Waals surface area contributed by atoms with Crippen LogP contribution < -0.4 is 15.8 Å². The van der Waals surface area contributed by atoms with Crippen molar-refractivity contribution in [2.45, 2.75) is 19.3 Å². The number of anilines is 1. The molecule has 1 aromatic carbocycles. The number of benzene rings is 1. The van der Waals surface area contributed by atoms with Gasteiger partial charge < -0.3 is 20.9 Å². The molecule has 18 heavy (non-hydrogen) atoms. The lowest BCUT2D eigenvalue weighted by molar-refractivity contribution is -0.137. The summed E-state index contributed by atoms with van der Waals surface area (Å²) in [5.41, 5.74) is 6.44. The number of carboxylic acid groups (broad SMARTS) is 1. The second kappa shape index (κ2) is 8.36. The Hall–Kier alpha value is -1.75. The Bertz CT molecular complexity index is 352. The van der Waals surface area contributed by atoms with Crippen LogP contribution in [0.4, 0.5) is 5.69 Å². The van der Waals surface area contributed by atoms with Crippen LogP contribution in [-0.2, 0) is 4.79 Å². The van der Waals surface area contributed by atoms with Gasteiger partial charge in [-0.3, -0.25) is 4.79 Å². The second-order valence-electron chi connectivity index (χ2n) is 3.94. The molecule has 0 aliphatic rings. The molecule has 0 heterocycles. The molecular formula is C13H20N2O3. The minimum atomic E-state index is -0.854. The van der Waals surface area contributed by atoms with Crippen molar-refractivity contribution in [3.63, 3.8) is 0 Å². The number of carboxylic acids is 1. The number of hydrogen-bond acceptors (Lipinski definition) is 4. The maximum Gasteiger partial charge on any atom is 0.306 e. The lowest BCUT2D eigenvalue weighted by Gasteiger charge is -2.08. The molecular weight excluding hydrogens is 232 g/mol. The van der Waals surface area contributed by atoms with Gasteiger partial charge in [0.15, 0.2) is 0 Å². The first-order chi connectivity index (χ1) is 8.72. The van der Waals surface area contributed by atoms with Gasteiger partial charge in [-0.15, -0.1) is 0 Å². The zero-order valence-electron chi connectivity index (χ0n) is 10.4. The number of carbonyl (C=O) groups is 1. The first-order valence-electron chi connectivity index (χ1n) is 6.11. The molecule has 0 radical (unpaired) electrons. The first-order valence-corrected chi connectivity index (χ1v) is 6.11. The highest BCUT2D eigenvalue weighted by atomic mass is 16.5. The summed E-state index contributed by atoms with van der Waals surface area (Å²) in [7, 11) is 0. The Morgan fingerprint density at radius 2 is 2.00 bits per heavy atom. The number of aliphatic carboxylic acids is 1. The van der Waals surface area contributed by atoms with Crippen LogP contribution in [0, 0.1) is 0 Å². The van der Waals surface area contributed by atoms with Crippen LogP contribution in [0.3, 0.4) is 0 Å². The SMILES string of the molecule is NCCCCNc1ccc(OCCC(=O)O)cc1. The highest BCUT2D eigenvalue weighted by Crippen LogP contribution is 2.15. The van der Waals surface area contributed by atoms with E-state index in [2.05, 4.69) is 5.32 Å². The van der Waals surface area contributed by atoms with E-state index in [1.807, 2.05) is 24.3 Å². The number of unbranched alkanes of at least 4 members (excludes halogenated alkanes) is 1. The minimum Gasteiger partial charge on any atom is -0.493 e. The summed E-state index contributed by atoms with van der Waals surface area (Å²) in [5, 5.41) is 11.8.